The quantitative estimate of drug-likeness (QED) is 0.890. The Kier molecular flexibility index (Phi) is 4.13. The van der Waals surface area contributed by atoms with Crippen molar-refractivity contribution in [2.45, 2.75) is 58.2 Å². The van der Waals surface area contributed by atoms with Gasteiger partial charge in [-0.05, 0) is 43.2 Å². The lowest BCUT2D eigenvalue weighted by Crippen LogP contribution is -2.61. The van der Waals surface area contributed by atoms with E-state index in [1.807, 2.05) is 0 Å². The molecule has 3 rings (SSSR count). The minimum absolute atomic E-state index is 0.627. The van der Waals surface area contributed by atoms with E-state index < -0.39 is 0 Å². The Morgan fingerprint density at radius 1 is 1.20 bits per heavy atom. The third-order valence-corrected chi connectivity index (χ3v) is 5.15. The maximum absolute atomic E-state index is 3.66. The van der Waals surface area contributed by atoms with Crippen molar-refractivity contribution < 1.29 is 0 Å². The highest BCUT2D eigenvalue weighted by molar-refractivity contribution is 5.30. The molecule has 0 amide bonds. The summed E-state index contributed by atoms with van der Waals surface area (Å²) in [5, 5.41) is 3.66. The van der Waals surface area contributed by atoms with E-state index in [1.165, 1.54) is 25.8 Å². The fraction of sp³-hybridized carbons (Fsp3) is 0.667. The first kappa shape index (κ1) is 14.1. The molecule has 0 spiro atoms. The third kappa shape index (κ3) is 2.77. The van der Waals surface area contributed by atoms with Gasteiger partial charge in [-0.15, -0.1) is 0 Å². The van der Waals surface area contributed by atoms with E-state index in [-0.39, 0.29) is 0 Å². The number of hydrogen-bond donors (Lipinski definition) is 1. The summed E-state index contributed by atoms with van der Waals surface area (Å²) in [5.74, 6) is 0.729. The molecule has 1 N–H and O–H groups in total. The molecule has 2 heteroatoms. The molecule has 1 saturated heterocycles. The topological polar surface area (TPSA) is 15.3 Å². The fourth-order valence-electron chi connectivity index (χ4n) is 3.96. The van der Waals surface area contributed by atoms with E-state index in [0.29, 0.717) is 12.1 Å². The molecule has 1 aromatic rings. The summed E-state index contributed by atoms with van der Waals surface area (Å²) in [7, 11) is 0. The van der Waals surface area contributed by atoms with Crippen molar-refractivity contribution >= 4 is 0 Å². The van der Waals surface area contributed by atoms with Crippen LogP contribution in [0.3, 0.4) is 0 Å². The van der Waals surface area contributed by atoms with Crippen LogP contribution in [0.25, 0.3) is 0 Å². The number of rotatable bonds is 2. The van der Waals surface area contributed by atoms with Crippen LogP contribution in [0.4, 0.5) is 0 Å². The predicted octanol–water partition coefficient (Wildman–Crippen LogP) is 2.86. The molecule has 1 aliphatic carbocycles. The molecule has 0 saturated carbocycles. The van der Waals surface area contributed by atoms with Crippen molar-refractivity contribution in [2.24, 2.45) is 5.92 Å². The van der Waals surface area contributed by atoms with Gasteiger partial charge in [0.05, 0.1) is 0 Å². The van der Waals surface area contributed by atoms with E-state index in [4.69, 9.17) is 0 Å². The van der Waals surface area contributed by atoms with Crippen molar-refractivity contribution in [3.05, 3.63) is 35.4 Å². The van der Waals surface area contributed by atoms with Crippen LogP contribution in [0.2, 0.25) is 0 Å². The van der Waals surface area contributed by atoms with Crippen molar-refractivity contribution in [3.8, 4) is 0 Å². The monoisotopic (exact) mass is 272 g/mol. The highest BCUT2D eigenvalue weighted by Gasteiger charge is 2.34. The van der Waals surface area contributed by atoms with Gasteiger partial charge < -0.3 is 5.32 Å². The van der Waals surface area contributed by atoms with Crippen molar-refractivity contribution in [1.82, 2.24) is 10.2 Å². The smallest absolute Gasteiger partial charge is 0.0247 e. The molecule has 2 aliphatic rings. The Hall–Kier alpha value is -0.860. The van der Waals surface area contributed by atoms with Gasteiger partial charge in [0.15, 0.2) is 0 Å². The van der Waals surface area contributed by atoms with Crippen LogP contribution in [0, 0.1) is 5.92 Å². The molecule has 110 valence electrons. The van der Waals surface area contributed by atoms with Gasteiger partial charge >= 0.3 is 0 Å². The number of aryl methyl sites for hydroxylation is 1. The Morgan fingerprint density at radius 2 is 1.95 bits per heavy atom. The molecule has 3 atom stereocenters. The molecule has 0 radical (unpaired) electrons. The van der Waals surface area contributed by atoms with Gasteiger partial charge in [-0.25, -0.2) is 0 Å². The highest BCUT2D eigenvalue weighted by atomic mass is 15.3. The van der Waals surface area contributed by atoms with E-state index in [9.17, 15) is 0 Å². The lowest BCUT2D eigenvalue weighted by Gasteiger charge is -2.47. The number of nitrogens with zero attached hydrogens (tertiary/aromatic N) is 1. The number of fused-ring (bicyclic) bond motifs is 1. The number of benzene rings is 1. The first-order chi connectivity index (χ1) is 9.65. The average molecular weight is 272 g/mol. The molecule has 0 aromatic heterocycles. The molecule has 1 fully saturated rings. The van der Waals surface area contributed by atoms with Crippen LogP contribution in [0.15, 0.2) is 24.3 Å². The summed E-state index contributed by atoms with van der Waals surface area (Å²) in [6.45, 7) is 9.41. The van der Waals surface area contributed by atoms with Crippen LogP contribution >= 0.6 is 0 Å². The van der Waals surface area contributed by atoms with Crippen LogP contribution in [-0.2, 0) is 12.8 Å². The molecular weight excluding hydrogens is 244 g/mol. The SMILES string of the molecule is CC1CN(C2CCc3ccccc3C2)C(C(C)C)CN1. The first-order valence-electron chi connectivity index (χ1n) is 8.21. The van der Waals surface area contributed by atoms with Crippen molar-refractivity contribution in [1.29, 1.82) is 0 Å². The maximum Gasteiger partial charge on any atom is 0.0247 e. The second-order valence-electron chi connectivity index (χ2n) is 6.98. The fourth-order valence-corrected chi connectivity index (χ4v) is 3.96. The van der Waals surface area contributed by atoms with Crippen LogP contribution in [0.5, 0.6) is 0 Å². The molecular formula is C18H28N2. The third-order valence-electron chi connectivity index (χ3n) is 5.15. The predicted molar refractivity (Wildman–Crippen MR) is 85.1 cm³/mol. The van der Waals surface area contributed by atoms with Gasteiger partial charge in [-0.3, -0.25) is 4.90 Å². The standard InChI is InChI=1S/C18H28N2/c1-13(2)18-11-19-14(3)12-20(18)17-9-8-15-6-4-5-7-16(15)10-17/h4-7,13-14,17-19H,8-12H2,1-3H3. The summed E-state index contributed by atoms with van der Waals surface area (Å²) in [4.78, 5) is 2.81. The average Bonchev–Trinajstić information content (AvgIpc) is 2.46. The molecule has 20 heavy (non-hydrogen) atoms. The maximum atomic E-state index is 3.66. The zero-order valence-electron chi connectivity index (χ0n) is 13.1. The summed E-state index contributed by atoms with van der Waals surface area (Å²) >= 11 is 0. The second kappa shape index (κ2) is 5.87. The summed E-state index contributed by atoms with van der Waals surface area (Å²) in [6.07, 6.45) is 3.82. The van der Waals surface area contributed by atoms with Crippen molar-refractivity contribution in [3.63, 3.8) is 0 Å². The number of nitrogens with one attached hydrogen (secondary N) is 1. The molecule has 1 aromatic carbocycles. The van der Waals surface area contributed by atoms with E-state index in [1.54, 1.807) is 11.1 Å². The Bertz CT molecular complexity index is 454. The van der Waals surface area contributed by atoms with Gasteiger partial charge in [0.1, 0.15) is 0 Å². The van der Waals surface area contributed by atoms with Gasteiger partial charge in [0.25, 0.3) is 0 Å². The minimum atomic E-state index is 0.627. The summed E-state index contributed by atoms with van der Waals surface area (Å²) in [6, 6.07) is 11.1. The van der Waals surface area contributed by atoms with E-state index >= 15 is 0 Å². The summed E-state index contributed by atoms with van der Waals surface area (Å²) in [5.41, 5.74) is 3.16. The molecule has 0 bridgehead atoms. The first-order valence-corrected chi connectivity index (χ1v) is 8.21. The molecule has 1 aliphatic heterocycles. The lowest BCUT2D eigenvalue weighted by molar-refractivity contribution is 0.0527. The Balaban J connectivity index is 1.77. The zero-order chi connectivity index (χ0) is 14.1. The Labute approximate surface area is 123 Å². The van der Waals surface area contributed by atoms with Gasteiger partial charge in [-0.2, -0.15) is 0 Å². The van der Waals surface area contributed by atoms with Gasteiger partial charge in [0.2, 0.25) is 0 Å². The second-order valence-corrected chi connectivity index (χ2v) is 6.98. The van der Waals surface area contributed by atoms with Gasteiger partial charge in [-0.1, -0.05) is 38.1 Å². The zero-order valence-corrected chi connectivity index (χ0v) is 13.1. The highest BCUT2D eigenvalue weighted by Crippen LogP contribution is 2.28. The lowest BCUT2D eigenvalue weighted by atomic mass is 9.85. The van der Waals surface area contributed by atoms with E-state index in [2.05, 4.69) is 55.3 Å². The number of hydrogen-bond acceptors (Lipinski definition) is 2. The minimum Gasteiger partial charge on any atom is -0.311 e. The molecule has 1 heterocycles. The number of piperazine rings is 1. The van der Waals surface area contributed by atoms with Gasteiger partial charge in [0, 0.05) is 31.2 Å². The Morgan fingerprint density at radius 3 is 2.70 bits per heavy atom. The molecule has 3 unspecified atom stereocenters. The van der Waals surface area contributed by atoms with E-state index in [0.717, 1.165) is 18.5 Å². The normalized spacial score (nSPS) is 31.3. The van der Waals surface area contributed by atoms with Crippen LogP contribution < -0.4 is 5.32 Å². The van der Waals surface area contributed by atoms with Crippen molar-refractivity contribution in [2.75, 3.05) is 13.1 Å². The van der Waals surface area contributed by atoms with Crippen LogP contribution in [-0.4, -0.2) is 36.1 Å². The summed E-state index contributed by atoms with van der Waals surface area (Å²) < 4.78 is 0. The van der Waals surface area contributed by atoms with Crippen LogP contribution in [0.1, 0.15) is 38.3 Å². The largest absolute Gasteiger partial charge is 0.311 e. The molecule has 2 nitrogen and oxygen atoms in total.